The lowest BCUT2D eigenvalue weighted by Crippen LogP contribution is -2.45. The van der Waals surface area contributed by atoms with E-state index < -0.39 is 18.3 Å². The Bertz CT molecular complexity index is 1420. The Labute approximate surface area is 240 Å². The van der Waals surface area contributed by atoms with Crippen molar-refractivity contribution in [3.8, 4) is 0 Å². The van der Waals surface area contributed by atoms with Crippen LogP contribution in [0.4, 0.5) is 5.69 Å². The molecular weight excluding hydrogens is 516 g/mol. The summed E-state index contributed by atoms with van der Waals surface area (Å²) in [6, 6.07) is 24.9. The molecule has 0 saturated carbocycles. The molecule has 3 aromatic carbocycles. The highest BCUT2D eigenvalue weighted by molar-refractivity contribution is 6.03. The maximum Gasteiger partial charge on any atom is 0.301 e. The van der Waals surface area contributed by atoms with Crippen molar-refractivity contribution < 1.29 is 19.1 Å². The molecule has 2 amide bonds. The van der Waals surface area contributed by atoms with E-state index in [1.54, 1.807) is 0 Å². The van der Waals surface area contributed by atoms with Gasteiger partial charge in [-0.15, -0.1) is 0 Å². The Hall–Kier alpha value is -4.30. The van der Waals surface area contributed by atoms with Crippen LogP contribution in [0, 0.1) is 6.92 Å². The van der Waals surface area contributed by atoms with Crippen LogP contribution >= 0.6 is 0 Å². The van der Waals surface area contributed by atoms with E-state index in [1.807, 2.05) is 80.6 Å². The minimum absolute atomic E-state index is 0.0289. The SMILES string of the molecule is CCC(OC1=Nc2ccccc2C2NC(CC(=O)CCCc3ccccc3)C(=O)N12)C(=O)NCc1ccc(C)cc1. The minimum Gasteiger partial charge on any atom is -0.451 e. The highest BCUT2D eigenvalue weighted by atomic mass is 16.5. The van der Waals surface area contributed by atoms with E-state index in [0.717, 1.165) is 29.5 Å². The fourth-order valence-electron chi connectivity index (χ4n) is 5.19. The number of nitrogens with one attached hydrogen (secondary N) is 2. The first-order valence-corrected chi connectivity index (χ1v) is 14.2. The summed E-state index contributed by atoms with van der Waals surface area (Å²) in [4.78, 5) is 45.6. The number of fused-ring (bicyclic) bond motifs is 3. The number of aliphatic imine (C=N–C) groups is 1. The van der Waals surface area contributed by atoms with Crippen molar-refractivity contribution in [3.63, 3.8) is 0 Å². The van der Waals surface area contributed by atoms with Crippen LogP contribution in [0.5, 0.6) is 0 Å². The second-order valence-electron chi connectivity index (χ2n) is 10.6. The normalized spacial score (nSPS) is 18.2. The standard InChI is InChI=1S/C33H36N4O4/c1-3-29(31(39)34-21-24-18-16-22(2)17-19-24)41-33-36-27-15-8-7-14-26(27)30-35-28(32(40)37(30)33)20-25(38)13-9-12-23-10-5-4-6-11-23/h4-8,10-11,14-19,28-30,35H,3,9,12-13,20-21H2,1-2H3,(H,34,39). The largest absolute Gasteiger partial charge is 0.451 e. The number of aryl methyl sites for hydroxylation is 2. The van der Waals surface area contributed by atoms with Crippen LogP contribution in [0.2, 0.25) is 0 Å². The molecule has 8 nitrogen and oxygen atoms in total. The van der Waals surface area contributed by atoms with Crippen molar-refractivity contribution >= 4 is 29.3 Å². The quantitative estimate of drug-likeness (QED) is 0.353. The summed E-state index contributed by atoms with van der Waals surface area (Å²) in [6.07, 6.45) is 1.06. The molecule has 2 N–H and O–H groups in total. The van der Waals surface area contributed by atoms with Crippen molar-refractivity contribution in [1.82, 2.24) is 15.5 Å². The van der Waals surface area contributed by atoms with Crippen molar-refractivity contribution in [2.45, 2.75) is 70.8 Å². The predicted molar refractivity (Wildman–Crippen MR) is 157 cm³/mol. The molecule has 1 fully saturated rings. The molecule has 0 radical (unpaired) electrons. The molecule has 41 heavy (non-hydrogen) atoms. The molecule has 2 aliphatic rings. The second-order valence-corrected chi connectivity index (χ2v) is 10.6. The van der Waals surface area contributed by atoms with Crippen LogP contribution in [0.3, 0.4) is 0 Å². The summed E-state index contributed by atoms with van der Waals surface area (Å²) in [6.45, 7) is 4.24. The highest BCUT2D eigenvalue weighted by Crippen LogP contribution is 2.38. The first kappa shape index (κ1) is 28.2. The Morgan fingerprint density at radius 1 is 1.00 bits per heavy atom. The smallest absolute Gasteiger partial charge is 0.301 e. The number of rotatable bonds is 11. The van der Waals surface area contributed by atoms with Crippen LogP contribution in [0.15, 0.2) is 83.9 Å². The summed E-state index contributed by atoms with van der Waals surface area (Å²) in [7, 11) is 0. The van der Waals surface area contributed by atoms with Gasteiger partial charge in [-0.3, -0.25) is 19.7 Å². The third-order valence-corrected chi connectivity index (χ3v) is 7.50. The van der Waals surface area contributed by atoms with Gasteiger partial charge in [0.2, 0.25) is 5.91 Å². The van der Waals surface area contributed by atoms with Gasteiger partial charge in [-0.05, 0) is 43.4 Å². The Balaban J connectivity index is 1.25. The summed E-state index contributed by atoms with van der Waals surface area (Å²) in [5, 5.41) is 6.27. The fraction of sp³-hybridized carbons (Fsp3) is 0.333. The Kier molecular flexibility index (Phi) is 8.89. The Morgan fingerprint density at radius 3 is 2.49 bits per heavy atom. The van der Waals surface area contributed by atoms with Gasteiger partial charge in [-0.25, -0.2) is 4.90 Å². The van der Waals surface area contributed by atoms with Crippen LogP contribution in [-0.4, -0.2) is 40.7 Å². The number of carbonyl (C=O) groups is 3. The molecule has 3 atom stereocenters. The van der Waals surface area contributed by atoms with E-state index in [4.69, 9.17) is 4.74 Å². The topological polar surface area (TPSA) is 100 Å². The number of benzene rings is 3. The fourth-order valence-corrected chi connectivity index (χ4v) is 5.19. The molecule has 2 heterocycles. The maximum absolute atomic E-state index is 13.6. The molecule has 5 rings (SSSR count). The molecule has 3 aromatic rings. The lowest BCUT2D eigenvalue weighted by Gasteiger charge is -2.31. The molecule has 3 unspecified atom stereocenters. The summed E-state index contributed by atoms with van der Waals surface area (Å²) >= 11 is 0. The van der Waals surface area contributed by atoms with E-state index in [0.29, 0.717) is 25.1 Å². The lowest BCUT2D eigenvalue weighted by molar-refractivity contribution is -0.133. The average Bonchev–Trinajstić information content (AvgIpc) is 3.31. The molecule has 0 aromatic heterocycles. The average molecular weight is 553 g/mol. The zero-order valence-electron chi connectivity index (χ0n) is 23.5. The van der Waals surface area contributed by atoms with Crippen LogP contribution < -0.4 is 10.6 Å². The number of nitrogens with zero attached hydrogens (tertiary/aromatic N) is 2. The van der Waals surface area contributed by atoms with Crippen LogP contribution in [-0.2, 0) is 32.1 Å². The maximum atomic E-state index is 13.6. The number of para-hydroxylation sites is 1. The zero-order valence-corrected chi connectivity index (χ0v) is 23.5. The van der Waals surface area contributed by atoms with E-state index in [9.17, 15) is 14.4 Å². The first-order valence-electron chi connectivity index (χ1n) is 14.2. The number of hydrogen-bond donors (Lipinski definition) is 2. The molecular formula is C33H36N4O4. The number of hydrogen-bond acceptors (Lipinski definition) is 6. The Morgan fingerprint density at radius 2 is 1.73 bits per heavy atom. The summed E-state index contributed by atoms with van der Waals surface area (Å²) in [5.41, 5.74) is 4.81. The van der Waals surface area contributed by atoms with Gasteiger partial charge in [0.15, 0.2) is 6.10 Å². The van der Waals surface area contributed by atoms with E-state index in [-0.39, 0.29) is 30.0 Å². The van der Waals surface area contributed by atoms with E-state index in [1.165, 1.54) is 10.5 Å². The number of ketones is 1. The third kappa shape index (κ3) is 6.72. The van der Waals surface area contributed by atoms with Gasteiger partial charge in [0.25, 0.3) is 5.91 Å². The molecule has 0 bridgehead atoms. The number of carbonyl (C=O) groups excluding carboxylic acids is 3. The van der Waals surface area contributed by atoms with Crippen molar-refractivity contribution in [2.75, 3.05) is 0 Å². The molecule has 0 aliphatic carbocycles. The molecule has 212 valence electrons. The summed E-state index contributed by atoms with van der Waals surface area (Å²) in [5.74, 6) is -0.535. The van der Waals surface area contributed by atoms with Gasteiger partial charge in [0, 0.05) is 24.9 Å². The van der Waals surface area contributed by atoms with Gasteiger partial charge in [-0.2, -0.15) is 4.99 Å². The lowest BCUT2D eigenvalue weighted by atomic mass is 10.0. The van der Waals surface area contributed by atoms with E-state index >= 15 is 0 Å². The highest BCUT2D eigenvalue weighted by Gasteiger charge is 2.47. The number of amidine groups is 1. The third-order valence-electron chi connectivity index (χ3n) is 7.50. The van der Waals surface area contributed by atoms with Gasteiger partial charge >= 0.3 is 6.02 Å². The molecule has 2 aliphatic heterocycles. The zero-order chi connectivity index (χ0) is 28.8. The number of Topliss-reactive ketones (excluding diaryl/α,β-unsaturated/α-hetero) is 1. The molecule has 8 heteroatoms. The number of ether oxygens (including phenoxy) is 1. The number of amides is 2. The van der Waals surface area contributed by atoms with Crippen LogP contribution in [0.25, 0.3) is 0 Å². The van der Waals surface area contributed by atoms with Crippen molar-refractivity contribution in [2.24, 2.45) is 4.99 Å². The van der Waals surface area contributed by atoms with Gasteiger partial charge < -0.3 is 10.1 Å². The first-order chi connectivity index (χ1) is 19.9. The monoisotopic (exact) mass is 552 g/mol. The van der Waals surface area contributed by atoms with Crippen molar-refractivity contribution in [3.05, 3.63) is 101 Å². The molecule has 1 saturated heterocycles. The predicted octanol–water partition coefficient (Wildman–Crippen LogP) is 4.89. The molecule has 0 spiro atoms. The van der Waals surface area contributed by atoms with Gasteiger partial charge in [0.1, 0.15) is 11.9 Å². The van der Waals surface area contributed by atoms with Gasteiger partial charge in [0.05, 0.1) is 11.7 Å². The summed E-state index contributed by atoms with van der Waals surface area (Å²) < 4.78 is 6.14. The van der Waals surface area contributed by atoms with Gasteiger partial charge in [-0.1, -0.05) is 85.3 Å². The van der Waals surface area contributed by atoms with Crippen molar-refractivity contribution in [1.29, 1.82) is 0 Å². The minimum atomic E-state index is -0.837. The van der Waals surface area contributed by atoms with Crippen LogP contribution in [0.1, 0.15) is 61.0 Å². The van der Waals surface area contributed by atoms with E-state index in [2.05, 4.69) is 27.8 Å². The second kappa shape index (κ2) is 12.9.